The zero-order chi connectivity index (χ0) is 38.6. The van der Waals surface area contributed by atoms with Gasteiger partial charge >= 0.3 is 5.97 Å². The zero-order valence-electron chi connectivity index (χ0n) is 29.2. The fraction of sp³-hybridized carbons (Fsp3) is 0.333. The predicted octanol–water partition coefficient (Wildman–Crippen LogP) is 5.89. The number of nitrogens with zero attached hydrogens (tertiary/aromatic N) is 2. The third-order valence-electron chi connectivity index (χ3n) is 9.69. The van der Waals surface area contributed by atoms with E-state index < -0.39 is 56.9 Å². The highest BCUT2D eigenvalue weighted by Crippen LogP contribution is 2.51. The molecule has 0 fully saturated rings. The average molecular weight is 774 g/mol. The molecule has 5 rings (SSSR count). The third kappa shape index (κ3) is 7.36. The Bertz CT molecular complexity index is 2460. The molecule has 0 spiro atoms. The van der Waals surface area contributed by atoms with Crippen molar-refractivity contribution in [1.29, 1.82) is 0 Å². The van der Waals surface area contributed by atoms with Gasteiger partial charge in [-0.3, -0.25) is 13.7 Å². The van der Waals surface area contributed by atoms with Gasteiger partial charge in [0.1, 0.15) is 11.4 Å². The molecule has 3 aromatic carbocycles. The summed E-state index contributed by atoms with van der Waals surface area (Å²) in [4.78, 5) is 12.5. The number of carboxylic acid groups (broad SMARTS) is 1. The fourth-order valence-corrected chi connectivity index (χ4v) is 9.21. The molecule has 0 aromatic heterocycles. The molecular formula is C36H41N2O11S3+. The Morgan fingerprint density at radius 2 is 1.52 bits per heavy atom. The second-order valence-corrected chi connectivity index (χ2v) is 18.2. The van der Waals surface area contributed by atoms with Gasteiger partial charge in [-0.15, -0.1) is 0 Å². The van der Waals surface area contributed by atoms with Crippen LogP contribution in [0.5, 0.6) is 0 Å². The van der Waals surface area contributed by atoms with Crippen LogP contribution in [0.25, 0.3) is 10.8 Å². The molecule has 0 saturated heterocycles. The molecule has 16 heteroatoms. The molecule has 0 atom stereocenters. The number of fused-ring (bicyclic) bond motifs is 4. The van der Waals surface area contributed by atoms with Crippen molar-refractivity contribution in [1.82, 2.24) is 0 Å². The number of carboxylic acids is 1. The Morgan fingerprint density at radius 3 is 2.12 bits per heavy atom. The zero-order valence-corrected chi connectivity index (χ0v) is 31.7. The topological polar surface area (TPSA) is 207 Å². The van der Waals surface area contributed by atoms with Crippen LogP contribution in [0.1, 0.15) is 68.9 Å². The number of carbonyl (C=O) groups is 1. The van der Waals surface area contributed by atoms with Gasteiger partial charge in [-0.05, 0) is 74.5 Å². The Kier molecular flexibility index (Phi) is 10.3. The SMILES string of the molecule is CCN1C(=CC=CC=CC2=[N+](CCCCS(=O)(=O)O)c3ccc(C(=O)O)cc3C2(C)C)C(C)(C)c2c1ccc1c(S(=O)(=O)O)cc(S(=O)(=O)O)cc21. The monoisotopic (exact) mass is 773 g/mol. The lowest BCUT2D eigenvalue weighted by molar-refractivity contribution is -0.438. The first-order valence-corrected chi connectivity index (χ1v) is 20.9. The number of unbranched alkanes of at least 4 members (excludes halogenated alkanes) is 1. The minimum atomic E-state index is -4.86. The summed E-state index contributed by atoms with van der Waals surface area (Å²) < 4.78 is 103. The number of anilines is 1. The van der Waals surface area contributed by atoms with E-state index in [9.17, 15) is 48.8 Å². The number of aromatic carboxylic acids is 1. The molecule has 3 aromatic rings. The van der Waals surface area contributed by atoms with Gasteiger partial charge in [0.15, 0.2) is 5.71 Å². The average Bonchev–Trinajstić information content (AvgIpc) is 3.38. The van der Waals surface area contributed by atoms with Gasteiger partial charge in [0.25, 0.3) is 30.4 Å². The van der Waals surface area contributed by atoms with Crippen LogP contribution in [0.3, 0.4) is 0 Å². The molecular weight excluding hydrogens is 733 g/mol. The van der Waals surface area contributed by atoms with Gasteiger partial charge in [0.05, 0.1) is 21.6 Å². The highest BCUT2D eigenvalue weighted by molar-refractivity contribution is 7.87. The summed E-state index contributed by atoms with van der Waals surface area (Å²) in [6.07, 6.45) is 9.96. The molecule has 0 radical (unpaired) electrons. The Hall–Kier alpha value is -4.19. The van der Waals surface area contributed by atoms with E-state index in [4.69, 9.17) is 0 Å². The van der Waals surface area contributed by atoms with Gasteiger partial charge in [0.2, 0.25) is 5.69 Å². The molecule has 0 amide bonds. The van der Waals surface area contributed by atoms with Gasteiger partial charge < -0.3 is 10.0 Å². The number of likely N-dealkylation sites (N-methyl/N-ethyl adjacent to an activating group) is 1. The van der Waals surface area contributed by atoms with Crippen LogP contribution in [0.4, 0.5) is 11.4 Å². The molecule has 13 nitrogen and oxygen atoms in total. The van der Waals surface area contributed by atoms with Gasteiger partial charge in [-0.1, -0.05) is 38.1 Å². The molecule has 0 aliphatic carbocycles. The molecule has 0 saturated carbocycles. The van der Waals surface area contributed by atoms with Crippen molar-refractivity contribution in [2.75, 3.05) is 23.7 Å². The maximum Gasteiger partial charge on any atom is 0.335 e. The summed E-state index contributed by atoms with van der Waals surface area (Å²) in [5, 5.41) is 9.98. The quantitative estimate of drug-likeness (QED) is 0.0736. The van der Waals surface area contributed by atoms with Crippen LogP contribution in [-0.2, 0) is 41.2 Å². The minimum Gasteiger partial charge on any atom is -0.478 e. The van der Waals surface area contributed by atoms with E-state index in [1.54, 1.807) is 18.2 Å². The second-order valence-electron chi connectivity index (χ2n) is 13.8. The number of hydrogen-bond acceptors (Lipinski definition) is 8. The Balaban J connectivity index is 1.54. The molecule has 4 N–H and O–H groups in total. The Morgan fingerprint density at radius 1 is 0.827 bits per heavy atom. The molecule has 0 unspecified atom stereocenters. The summed E-state index contributed by atoms with van der Waals surface area (Å²) in [5.41, 5.74) is 3.34. The highest BCUT2D eigenvalue weighted by atomic mass is 32.2. The predicted molar refractivity (Wildman–Crippen MR) is 198 cm³/mol. The first kappa shape index (κ1) is 39.0. The maximum absolute atomic E-state index is 12.3. The largest absolute Gasteiger partial charge is 0.478 e. The van der Waals surface area contributed by atoms with E-state index in [2.05, 4.69) is 0 Å². The fourth-order valence-electron chi connectivity index (χ4n) is 7.30. The van der Waals surface area contributed by atoms with Crippen molar-refractivity contribution in [3.63, 3.8) is 0 Å². The van der Waals surface area contributed by atoms with Crippen molar-refractivity contribution in [3.05, 3.63) is 95.2 Å². The Labute approximate surface area is 303 Å². The summed E-state index contributed by atoms with van der Waals surface area (Å²) >= 11 is 0. The van der Waals surface area contributed by atoms with Crippen molar-refractivity contribution in [3.8, 4) is 0 Å². The maximum atomic E-state index is 12.3. The van der Waals surface area contributed by atoms with Crippen molar-refractivity contribution >= 4 is 64.2 Å². The van der Waals surface area contributed by atoms with E-state index in [-0.39, 0.29) is 28.5 Å². The van der Waals surface area contributed by atoms with Gasteiger partial charge in [-0.2, -0.15) is 29.8 Å². The van der Waals surface area contributed by atoms with E-state index >= 15 is 0 Å². The van der Waals surface area contributed by atoms with Crippen molar-refractivity contribution in [2.45, 2.75) is 68.1 Å². The summed E-state index contributed by atoms with van der Waals surface area (Å²) in [6, 6.07) is 10.1. The van der Waals surface area contributed by atoms with Gasteiger partial charge in [-0.25, -0.2) is 4.79 Å². The summed E-state index contributed by atoms with van der Waals surface area (Å²) in [5.74, 6) is -1.42. The molecule has 278 valence electrons. The first-order chi connectivity index (χ1) is 24.0. The molecule has 52 heavy (non-hydrogen) atoms. The lowest BCUT2D eigenvalue weighted by Crippen LogP contribution is -2.28. The van der Waals surface area contributed by atoms with Crippen molar-refractivity contribution < 1.29 is 53.4 Å². The van der Waals surface area contributed by atoms with Crippen LogP contribution in [0, 0.1) is 0 Å². The molecule has 2 heterocycles. The molecule has 2 aliphatic rings. The van der Waals surface area contributed by atoms with Crippen LogP contribution in [0.15, 0.2) is 88.3 Å². The number of rotatable bonds is 12. The standard InChI is InChI=1S/C36H40N2O11S3/c1-6-37-29-17-15-25-26(21-24(51(44,45)46)22-30(25)52(47,48)49)33(29)36(4,5)32(37)13-9-7-8-12-31-35(2,3)27-20-23(34(39)40)14-16-28(27)38(31)18-10-11-19-50(41,42)43/h7-9,12-17,20-22H,6,10-11,18-19H2,1-5H3,(H3-,39,40,41,42,43,44,45,46,47,48,49)/p+1. The number of benzene rings is 3. The number of allylic oxidation sites excluding steroid dienone is 6. The van der Waals surface area contributed by atoms with Gasteiger partial charge in [0, 0.05) is 52.9 Å². The van der Waals surface area contributed by atoms with Crippen LogP contribution < -0.4 is 4.90 Å². The van der Waals surface area contributed by atoms with E-state index in [1.807, 2.05) is 74.5 Å². The normalized spacial score (nSPS) is 17.9. The van der Waals surface area contributed by atoms with Crippen LogP contribution in [-0.4, -0.2) is 79.1 Å². The summed E-state index contributed by atoms with van der Waals surface area (Å²) in [7, 11) is -13.8. The van der Waals surface area contributed by atoms with E-state index in [0.29, 0.717) is 30.8 Å². The second kappa shape index (κ2) is 13.7. The number of hydrogen-bond donors (Lipinski definition) is 4. The van der Waals surface area contributed by atoms with Crippen LogP contribution >= 0.6 is 0 Å². The molecule has 0 bridgehead atoms. The smallest absolute Gasteiger partial charge is 0.335 e. The highest BCUT2D eigenvalue weighted by Gasteiger charge is 2.45. The van der Waals surface area contributed by atoms with E-state index in [0.717, 1.165) is 28.7 Å². The lowest BCUT2D eigenvalue weighted by Gasteiger charge is -2.26. The van der Waals surface area contributed by atoms with Crippen LogP contribution in [0.2, 0.25) is 0 Å². The minimum absolute atomic E-state index is 0.104. The first-order valence-electron chi connectivity index (χ1n) is 16.4. The lowest BCUT2D eigenvalue weighted by atomic mass is 9.80. The summed E-state index contributed by atoms with van der Waals surface area (Å²) in [6.45, 7) is 10.6. The van der Waals surface area contributed by atoms with E-state index in [1.165, 1.54) is 18.2 Å². The van der Waals surface area contributed by atoms with Crippen molar-refractivity contribution in [2.24, 2.45) is 0 Å². The molecule has 2 aliphatic heterocycles. The third-order valence-corrected chi connectivity index (χ3v) is 12.2.